The third kappa shape index (κ3) is 3.55. The molecule has 4 nitrogen and oxygen atoms in total. The lowest BCUT2D eigenvalue weighted by molar-refractivity contribution is -0.115. The molecule has 1 aromatic heterocycles. The van der Waals surface area contributed by atoms with Gasteiger partial charge in [-0.05, 0) is 19.2 Å². The van der Waals surface area contributed by atoms with Gasteiger partial charge in [-0.1, -0.05) is 23.5 Å². The lowest BCUT2D eigenvalue weighted by Crippen LogP contribution is -2.13. The number of thioether (sulfide) groups is 2. The van der Waals surface area contributed by atoms with Crippen LogP contribution in [-0.2, 0) is 4.79 Å². The first-order valence-corrected chi connectivity index (χ1v) is 6.13. The fourth-order valence-corrected chi connectivity index (χ4v) is 2.00. The largest absolute Gasteiger partial charge is 0.369 e. The van der Waals surface area contributed by atoms with E-state index in [0.29, 0.717) is 0 Å². The first-order chi connectivity index (χ1) is 6.61. The summed E-state index contributed by atoms with van der Waals surface area (Å²) >= 11 is 2.81. The van der Waals surface area contributed by atoms with E-state index < -0.39 is 0 Å². The fraction of sp³-hybridized carbons (Fsp3) is 0.375. The van der Waals surface area contributed by atoms with Gasteiger partial charge in [0, 0.05) is 5.69 Å². The van der Waals surface area contributed by atoms with Gasteiger partial charge < -0.3 is 5.73 Å². The molecule has 0 saturated carbocycles. The number of nitrogens with zero attached hydrogens (tertiary/aromatic N) is 2. The molecule has 1 rings (SSSR count). The number of hydrogen-bond acceptors (Lipinski definition) is 5. The van der Waals surface area contributed by atoms with Crippen LogP contribution in [0.5, 0.6) is 0 Å². The van der Waals surface area contributed by atoms with Crippen LogP contribution in [0.2, 0.25) is 0 Å². The second-order valence-electron chi connectivity index (χ2n) is 2.59. The molecule has 76 valence electrons. The van der Waals surface area contributed by atoms with Gasteiger partial charge in [-0.3, -0.25) is 4.79 Å². The van der Waals surface area contributed by atoms with E-state index in [1.54, 1.807) is 0 Å². The van der Waals surface area contributed by atoms with Crippen molar-refractivity contribution in [3.05, 3.63) is 11.8 Å². The van der Waals surface area contributed by atoms with Crippen molar-refractivity contribution in [3.8, 4) is 0 Å². The van der Waals surface area contributed by atoms with E-state index in [0.717, 1.165) is 15.9 Å². The molecule has 6 heteroatoms. The van der Waals surface area contributed by atoms with E-state index in [-0.39, 0.29) is 11.7 Å². The van der Waals surface area contributed by atoms with Crippen molar-refractivity contribution in [2.24, 2.45) is 5.73 Å². The van der Waals surface area contributed by atoms with Gasteiger partial charge in [0.15, 0.2) is 5.16 Å². The van der Waals surface area contributed by atoms with Crippen LogP contribution in [0, 0.1) is 6.92 Å². The minimum atomic E-state index is -0.336. The average molecular weight is 229 g/mol. The van der Waals surface area contributed by atoms with E-state index in [1.807, 2.05) is 19.2 Å². The van der Waals surface area contributed by atoms with Crippen molar-refractivity contribution >= 4 is 29.4 Å². The number of aryl methyl sites for hydroxylation is 1. The predicted molar refractivity (Wildman–Crippen MR) is 58.5 cm³/mol. The van der Waals surface area contributed by atoms with Gasteiger partial charge in [0.05, 0.1) is 5.75 Å². The van der Waals surface area contributed by atoms with Crippen LogP contribution < -0.4 is 5.73 Å². The topological polar surface area (TPSA) is 68.9 Å². The molecule has 2 N–H and O–H groups in total. The minimum absolute atomic E-state index is 0.254. The molecule has 14 heavy (non-hydrogen) atoms. The maximum atomic E-state index is 10.6. The Labute approximate surface area is 91.1 Å². The second-order valence-corrected chi connectivity index (χ2v) is 4.36. The monoisotopic (exact) mass is 229 g/mol. The Morgan fingerprint density at radius 3 is 2.86 bits per heavy atom. The molecule has 1 amide bonds. The SMILES string of the molecule is CSc1nc(C)cc(SCC(N)=O)n1. The normalized spacial score (nSPS) is 10.1. The van der Waals surface area contributed by atoms with E-state index in [2.05, 4.69) is 9.97 Å². The third-order valence-electron chi connectivity index (χ3n) is 1.36. The highest BCUT2D eigenvalue weighted by Gasteiger charge is 2.03. The molecule has 0 atom stereocenters. The molecule has 0 saturated heterocycles. The molecule has 0 bridgehead atoms. The highest BCUT2D eigenvalue weighted by atomic mass is 32.2. The quantitative estimate of drug-likeness (QED) is 0.475. The van der Waals surface area contributed by atoms with Crippen LogP contribution in [-0.4, -0.2) is 27.9 Å². The lowest BCUT2D eigenvalue weighted by Gasteiger charge is -2.02. The van der Waals surface area contributed by atoms with Crippen molar-refractivity contribution in [1.29, 1.82) is 0 Å². The van der Waals surface area contributed by atoms with E-state index in [4.69, 9.17) is 5.73 Å². The first-order valence-electron chi connectivity index (χ1n) is 3.92. The summed E-state index contributed by atoms with van der Waals surface area (Å²) in [7, 11) is 0. The molecular weight excluding hydrogens is 218 g/mol. The van der Waals surface area contributed by atoms with Crippen LogP contribution in [0.3, 0.4) is 0 Å². The van der Waals surface area contributed by atoms with Gasteiger partial charge in [0.1, 0.15) is 5.03 Å². The summed E-state index contributed by atoms with van der Waals surface area (Å²) in [5.74, 6) is -0.0819. The van der Waals surface area contributed by atoms with Gasteiger partial charge in [0.2, 0.25) is 5.91 Å². The lowest BCUT2D eigenvalue weighted by atomic mass is 10.5. The number of hydrogen-bond donors (Lipinski definition) is 1. The van der Waals surface area contributed by atoms with Gasteiger partial charge in [-0.25, -0.2) is 9.97 Å². The minimum Gasteiger partial charge on any atom is -0.369 e. The van der Waals surface area contributed by atoms with Crippen molar-refractivity contribution in [2.45, 2.75) is 17.1 Å². The van der Waals surface area contributed by atoms with Gasteiger partial charge in [0.25, 0.3) is 0 Å². The van der Waals surface area contributed by atoms with Gasteiger partial charge in [-0.15, -0.1) is 0 Å². The highest BCUT2D eigenvalue weighted by Crippen LogP contribution is 2.18. The van der Waals surface area contributed by atoms with E-state index >= 15 is 0 Å². The summed E-state index contributed by atoms with van der Waals surface area (Å²) in [4.78, 5) is 19.0. The Kier molecular flexibility index (Phi) is 4.21. The Morgan fingerprint density at radius 1 is 1.57 bits per heavy atom. The van der Waals surface area contributed by atoms with Crippen LogP contribution in [0.4, 0.5) is 0 Å². The van der Waals surface area contributed by atoms with E-state index in [1.165, 1.54) is 23.5 Å². The Hall–Kier alpha value is -0.750. The summed E-state index contributed by atoms with van der Waals surface area (Å²) in [6.07, 6.45) is 1.91. The molecular formula is C8H11N3OS2. The molecule has 0 radical (unpaired) electrons. The van der Waals surface area contributed by atoms with E-state index in [9.17, 15) is 4.79 Å². The molecule has 0 fully saturated rings. The Morgan fingerprint density at radius 2 is 2.29 bits per heavy atom. The number of nitrogens with two attached hydrogens (primary N) is 1. The van der Waals surface area contributed by atoms with Crippen molar-refractivity contribution in [2.75, 3.05) is 12.0 Å². The smallest absolute Gasteiger partial charge is 0.227 e. The van der Waals surface area contributed by atoms with Crippen LogP contribution in [0.15, 0.2) is 16.2 Å². The summed E-state index contributed by atoms with van der Waals surface area (Å²) < 4.78 is 0. The molecule has 0 aliphatic carbocycles. The summed E-state index contributed by atoms with van der Waals surface area (Å²) in [5.41, 5.74) is 5.94. The molecule has 0 spiro atoms. The predicted octanol–water partition coefficient (Wildman–Crippen LogP) is 1.08. The van der Waals surface area contributed by atoms with Crippen molar-refractivity contribution < 1.29 is 4.79 Å². The summed E-state index contributed by atoms with van der Waals surface area (Å²) in [6.45, 7) is 1.90. The van der Waals surface area contributed by atoms with Crippen LogP contribution in [0.25, 0.3) is 0 Å². The number of amides is 1. The third-order valence-corrected chi connectivity index (χ3v) is 2.84. The van der Waals surface area contributed by atoms with Crippen LogP contribution >= 0.6 is 23.5 Å². The molecule has 1 heterocycles. The number of carbonyl (C=O) groups is 1. The summed E-state index contributed by atoms with van der Waals surface area (Å²) in [6, 6.07) is 1.84. The maximum absolute atomic E-state index is 10.6. The molecule has 0 aromatic carbocycles. The fourth-order valence-electron chi connectivity index (χ4n) is 0.824. The van der Waals surface area contributed by atoms with Crippen molar-refractivity contribution in [3.63, 3.8) is 0 Å². The zero-order valence-corrected chi connectivity index (χ0v) is 9.61. The number of primary amides is 1. The summed E-state index contributed by atoms with van der Waals surface area (Å²) in [5, 5.41) is 1.51. The molecule has 1 aromatic rings. The maximum Gasteiger partial charge on any atom is 0.227 e. The Bertz CT molecular complexity index is 343. The standard InChI is InChI=1S/C8H11N3OS2/c1-5-3-7(14-4-6(9)12)11-8(10-5)13-2/h3H,4H2,1-2H3,(H2,9,12). The molecule has 0 aliphatic rings. The zero-order valence-electron chi connectivity index (χ0n) is 7.98. The molecule has 0 unspecified atom stereocenters. The Balaban J connectivity index is 2.76. The average Bonchev–Trinajstić information content (AvgIpc) is 2.14. The number of aromatic nitrogens is 2. The molecule has 0 aliphatic heterocycles. The van der Waals surface area contributed by atoms with Crippen LogP contribution in [0.1, 0.15) is 5.69 Å². The zero-order chi connectivity index (χ0) is 10.6. The number of carbonyl (C=O) groups excluding carboxylic acids is 1. The first kappa shape index (κ1) is 11.3. The second kappa shape index (κ2) is 5.21. The number of rotatable bonds is 4. The van der Waals surface area contributed by atoms with Gasteiger partial charge >= 0.3 is 0 Å². The van der Waals surface area contributed by atoms with Gasteiger partial charge in [-0.2, -0.15) is 0 Å². The highest BCUT2D eigenvalue weighted by molar-refractivity contribution is 8.00. The van der Waals surface area contributed by atoms with Crippen molar-refractivity contribution in [1.82, 2.24) is 9.97 Å².